The van der Waals surface area contributed by atoms with Gasteiger partial charge in [-0.3, -0.25) is 0 Å². The van der Waals surface area contributed by atoms with Crippen molar-refractivity contribution in [2.75, 3.05) is 51.7 Å². The first-order valence-corrected chi connectivity index (χ1v) is 5.01. The summed E-state index contributed by atoms with van der Waals surface area (Å²) < 4.78 is 10.3. The Morgan fingerprint density at radius 2 is 2.12 bits per heavy atom. The molecule has 0 atom stereocenters. The molecule has 1 rings (SSSR count). The number of rotatable bonds is 6. The third-order valence-electron chi connectivity index (χ3n) is 2.22. The second kappa shape index (κ2) is 6.12. The molecule has 0 aliphatic carbocycles. The monoisotopic (exact) mass is 226 g/mol. The molecule has 0 aliphatic rings. The highest BCUT2D eigenvalue weighted by Gasteiger charge is 2.14. The predicted octanol–water partition coefficient (Wildman–Crippen LogP) is 0.609. The molecule has 90 valence electrons. The molecule has 0 spiro atoms. The van der Waals surface area contributed by atoms with Crippen LogP contribution in [0.3, 0.4) is 0 Å². The molecule has 0 radical (unpaired) electrons. The quantitative estimate of drug-likeness (QED) is 0.767. The SMILES string of the molecule is CNc1ncnc(N(C)CCOC)c1OC. The zero-order valence-corrected chi connectivity index (χ0v) is 10.1. The first kappa shape index (κ1) is 12.5. The van der Waals surface area contributed by atoms with Gasteiger partial charge in [-0.2, -0.15) is 0 Å². The molecule has 0 amide bonds. The fourth-order valence-electron chi connectivity index (χ4n) is 1.34. The van der Waals surface area contributed by atoms with Crippen LogP contribution in [0.4, 0.5) is 11.6 Å². The van der Waals surface area contributed by atoms with E-state index in [2.05, 4.69) is 15.3 Å². The number of aromatic nitrogens is 2. The van der Waals surface area contributed by atoms with Crippen LogP contribution in [0.2, 0.25) is 0 Å². The summed E-state index contributed by atoms with van der Waals surface area (Å²) in [6.07, 6.45) is 1.51. The number of hydrogen-bond donors (Lipinski definition) is 1. The van der Waals surface area contributed by atoms with Gasteiger partial charge in [-0.15, -0.1) is 0 Å². The fraction of sp³-hybridized carbons (Fsp3) is 0.600. The number of likely N-dealkylation sites (N-methyl/N-ethyl adjacent to an activating group) is 1. The second-order valence-corrected chi connectivity index (χ2v) is 3.24. The van der Waals surface area contributed by atoms with Gasteiger partial charge in [0.25, 0.3) is 0 Å². The molecule has 16 heavy (non-hydrogen) atoms. The summed E-state index contributed by atoms with van der Waals surface area (Å²) in [7, 11) is 7.00. The van der Waals surface area contributed by atoms with Gasteiger partial charge in [0.1, 0.15) is 6.33 Å². The highest BCUT2D eigenvalue weighted by Crippen LogP contribution is 2.30. The summed E-state index contributed by atoms with van der Waals surface area (Å²) in [5.41, 5.74) is 0. The average molecular weight is 226 g/mol. The molecule has 0 aliphatic heterocycles. The van der Waals surface area contributed by atoms with Crippen LogP contribution in [0.25, 0.3) is 0 Å². The van der Waals surface area contributed by atoms with Gasteiger partial charge in [-0.1, -0.05) is 0 Å². The van der Waals surface area contributed by atoms with Gasteiger partial charge in [0.05, 0.1) is 13.7 Å². The lowest BCUT2D eigenvalue weighted by atomic mass is 10.4. The molecule has 0 unspecified atom stereocenters. The van der Waals surface area contributed by atoms with E-state index in [-0.39, 0.29) is 0 Å². The Labute approximate surface area is 95.6 Å². The minimum Gasteiger partial charge on any atom is -0.490 e. The first-order valence-electron chi connectivity index (χ1n) is 5.01. The van der Waals surface area contributed by atoms with Crippen molar-refractivity contribution in [3.63, 3.8) is 0 Å². The molecule has 1 aromatic heterocycles. The maximum absolute atomic E-state index is 5.30. The van der Waals surface area contributed by atoms with Gasteiger partial charge in [-0.25, -0.2) is 9.97 Å². The summed E-state index contributed by atoms with van der Waals surface area (Å²) in [5.74, 6) is 2.07. The molecule has 1 N–H and O–H groups in total. The number of anilines is 2. The van der Waals surface area contributed by atoms with E-state index in [1.807, 2.05) is 11.9 Å². The van der Waals surface area contributed by atoms with E-state index >= 15 is 0 Å². The summed E-state index contributed by atoms with van der Waals surface area (Å²) in [6, 6.07) is 0. The van der Waals surface area contributed by atoms with E-state index in [0.29, 0.717) is 18.2 Å². The van der Waals surface area contributed by atoms with Crippen LogP contribution in [0.1, 0.15) is 0 Å². The lowest BCUT2D eigenvalue weighted by molar-refractivity contribution is 0.206. The Morgan fingerprint density at radius 1 is 1.38 bits per heavy atom. The lowest BCUT2D eigenvalue weighted by Crippen LogP contribution is -2.24. The molecule has 1 heterocycles. The zero-order chi connectivity index (χ0) is 12.0. The van der Waals surface area contributed by atoms with Crippen molar-refractivity contribution < 1.29 is 9.47 Å². The summed E-state index contributed by atoms with van der Waals surface area (Å²) in [4.78, 5) is 10.3. The molecule has 0 saturated carbocycles. The van der Waals surface area contributed by atoms with Gasteiger partial charge in [-0.05, 0) is 0 Å². The van der Waals surface area contributed by atoms with Crippen LogP contribution in [0.15, 0.2) is 6.33 Å². The van der Waals surface area contributed by atoms with E-state index in [9.17, 15) is 0 Å². The van der Waals surface area contributed by atoms with Gasteiger partial charge in [0, 0.05) is 27.7 Å². The number of methoxy groups -OCH3 is 2. The first-order chi connectivity index (χ1) is 7.74. The Morgan fingerprint density at radius 3 is 2.69 bits per heavy atom. The van der Waals surface area contributed by atoms with Crippen LogP contribution in [0, 0.1) is 0 Å². The highest BCUT2D eigenvalue weighted by molar-refractivity contribution is 5.64. The van der Waals surface area contributed by atoms with Crippen molar-refractivity contribution in [3.05, 3.63) is 6.33 Å². The van der Waals surface area contributed by atoms with Crippen molar-refractivity contribution in [2.24, 2.45) is 0 Å². The number of hydrogen-bond acceptors (Lipinski definition) is 6. The predicted molar refractivity (Wildman–Crippen MR) is 63.3 cm³/mol. The standard InChI is InChI=1S/C10H18N4O2/c1-11-9-8(16-4)10(13-7-12-9)14(2)5-6-15-3/h7H,5-6H2,1-4H3,(H,11,12,13). The van der Waals surface area contributed by atoms with E-state index in [1.54, 1.807) is 21.3 Å². The van der Waals surface area contributed by atoms with Crippen molar-refractivity contribution >= 4 is 11.6 Å². The number of ether oxygens (including phenoxy) is 2. The van der Waals surface area contributed by atoms with Crippen molar-refractivity contribution in [1.82, 2.24) is 9.97 Å². The van der Waals surface area contributed by atoms with E-state index in [0.717, 1.165) is 12.4 Å². The Hall–Kier alpha value is -1.56. The molecule has 6 nitrogen and oxygen atoms in total. The maximum Gasteiger partial charge on any atom is 0.204 e. The van der Waals surface area contributed by atoms with Gasteiger partial charge in [0.2, 0.25) is 5.75 Å². The van der Waals surface area contributed by atoms with Crippen LogP contribution in [-0.4, -0.2) is 51.4 Å². The number of nitrogens with one attached hydrogen (secondary N) is 1. The normalized spacial score (nSPS) is 10.0. The second-order valence-electron chi connectivity index (χ2n) is 3.24. The van der Waals surface area contributed by atoms with E-state index in [1.165, 1.54) is 6.33 Å². The highest BCUT2D eigenvalue weighted by atomic mass is 16.5. The smallest absolute Gasteiger partial charge is 0.204 e. The number of nitrogens with zero attached hydrogens (tertiary/aromatic N) is 3. The topological polar surface area (TPSA) is 59.5 Å². The summed E-state index contributed by atoms with van der Waals surface area (Å²) in [6.45, 7) is 1.38. The lowest BCUT2D eigenvalue weighted by Gasteiger charge is -2.20. The molecule has 1 aromatic rings. The fourth-order valence-corrected chi connectivity index (χ4v) is 1.34. The van der Waals surface area contributed by atoms with Gasteiger partial charge in [0.15, 0.2) is 11.6 Å². The van der Waals surface area contributed by atoms with Gasteiger partial charge >= 0.3 is 0 Å². The minimum absolute atomic E-state index is 0.637. The largest absolute Gasteiger partial charge is 0.490 e. The molecular weight excluding hydrogens is 208 g/mol. The maximum atomic E-state index is 5.30. The molecular formula is C10H18N4O2. The van der Waals surface area contributed by atoms with E-state index in [4.69, 9.17) is 9.47 Å². The van der Waals surface area contributed by atoms with Crippen molar-refractivity contribution in [3.8, 4) is 5.75 Å². The molecule has 0 bridgehead atoms. The van der Waals surface area contributed by atoms with Crippen LogP contribution < -0.4 is 15.0 Å². The minimum atomic E-state index is 0.637. The summed E-state index contributed by atoms with van der Waals surface area (Å²) in [5, 5.41) is 2.96. The van der Waals surface area contributed by atoms with Gasteiger partial charge < -0.3 is 19.7 Å². The molecule has 6 heteroatoms. The van der Waals surface area contributed by atoms with Crippen LogP contribution in [0.5, 0.6) is 5.75 Å². The Bertz CT molecular complexity index is 333. The molecule has 0 fully saturated rings. The third-order valence-corrected chi connectivity index (χ3v) is 2.22. The molecule has 0 saturated heterocycles. The zero-order valence-electron chi connectivity index (χ0n) is 10.1. The van der Waals surface area contributed by atoms with E-state index < -0.39 is 0 Å². The Balaban J connectivity index is 2.93. The van der Waals surface area contributed by atoms with Crippen LogP contribution >= 0.6 is 0 Å². The average Bonchev–Trinajstić information content (AvgIpc) is 2.34. The third kappa shape index (κ3) is 2.73. The molecule has 0 aromatic carbocycles. The Kier molecular flexibility index (Phi) is 4.78. The van der Waals surface area contributed by atoms with Crippen molar-refractivity contribution in [1.29, 1.82) is 0 Å². The summed E-state index contributed by atoms with van der Waals surface area (Å²) >= 11 is 0. The van der Waals surface area contributed by atoms with Crippen LogP contribution in [-0.2, 0) is 4.74 Å². The van der Waals surface area contributed by atoms with Crippen molar-refractivity contribution in [2.45, 2.75) is 0 Å².